The van der Waals surface area contributed by atoms with Gasteiger partial charge in [0, 0.05) is 16.6 Å². The Morgan fingerprint density at radius 1 is 1.20 bits per heavy atom. The Bertz CT molecular complexity index is 638. The number of H-pyrrole nitrogens is 1. The number of carbonyl (C=O) groups is 1. The molecule has 5 nitrogen and oxygen atoms in total. The maximum absolute atomic E-state index is 12.1. The summed E-state index contributed by atoms with van der Waals surface area (Å²) in [7, 11) is 0. The lowest BCUT2D eigenvalue weighted by molar-refractivity contribution is 0.102. The van der Waals surface area contributed by atoms with Crippen molar-refractivity contribution in [3.05, 3.63) is 52.4 Å². The number of benzene rings is 1. The Hall–Kier alpha value is -2.22. The van der Waals surface area contributed by atoms with E-state index in [0.29, 0.717) is 22.3 Å². The van der Waals surface area contributed by atoms with Crippen LogP contribution in [0.3, 0.4) is 0 Å². The molecule has 1 amide bonds. The van der Waals surface area contributed by atoms with Gasteiger partial charge in [-0.15, -0.1) is 0 Å². The summed E-state index contributed by atoms with van der Waals surface area (Å²) in [4.78, 5) is 23.0. The minimum atomic E-state index is -2.49. The zero-order chi connectivity index (χ0) is 14.5. The zero-order valence-electron chi connectivity index (χ0n) is 9.97. The number of nitrogens with zero attached hydrogens (tertiary/aromatic N) is 1. The molecule has 0 fully saturated rings. The van der Waals surface area contributed by atoms with Gasteiger partial charge in [0.25, 0.3) is 17.2 Å². The second-order valence-corrected chi connectivity index (χ2v) is 4.73. The summed E-state index contributed by atoms with van der Waals surface area (Å²) >= 11 is 0.426. The van der Waals surface area contributed by atoms with Crippen LogP contribution in [0.4, 0.5) is 14.5 Å². The molecule has 20 heavy (non-hydrogen) atoms. The number of nitrogens with one attached hydrogen (secondary N) is 2. The van der Waals surface area contributed by atoms with Gasteiger partial charge >= 0.3 is 0 Å². The molecule has 2 aromatic rings. The van der Waals surface area contributed by atoms with Crippen molar-refractivity contribution >= 4 is 23.4 Å². The molecule has 0 aliphatic heterocycles. The van der Waals surface area contributed by atoms with Crippen LogP contribution >= 0.6 is 11.8 Å². The van der Waals surface area contributed by atoms with Crippen LogP contribution in [0.15, 0.2) is 46.1 Å². The molecule has 0 saturated heterocycles. The molecular formula is C12H9F2N3O2S. The number of thioether (sulfide) groups is 1. The first-order chi connectivity index (χ1) is 9.54. The molecule has 0 saturated carbocycles. The van der Waals surface area contributed by atoms with Gasteiger partial charge in [0.15, 0.2) is 0 Å². The van der Waals surface area contributed by atoms with Crippen LogP contribution in [0, 0.1) is 0 Å². The fourth-order valence-electron chi connectivity index (χ4n) is 1.39. The minimum absolute atomic E-state index is 0.0515. The summed E-state index contributed by atoms with van der Waals surface area (Å²) in [5, 5.41) is 8.26. The van der Waals surface area contributed by atoms with Crippen molar-refractivity contribution in [2.75, 3.05) is 5.32 Å². The monoisotopic (exact) mass is 297 g/mol. The summed E-state index contributed by atoms with van der Waals surface area (Å²) in [5.41, 5.74) is 0.0900. The van der Waals surface area contributed by atoms with Gasteiger partial charge in [-0.1, -0.05) is 11.8 Å². The van der Waals surface area contributed by atoms with Crippen molar-refractivity contribution in [3.8, 4) is 0 Å². The highest BCUT2D eigenvalue weighted by atomic mass is 32.2. The van der Waals surface area contributed by atoms with Crippen LogP contribution in [0.5, 0.6) is 0 Å². The third-order valence-electron chi connectivity index (χ3n) is 2.25. The fraction of sp³-hybridized carbons (Fsp3) is 0.0833. The molecule has 0 unspecified atom stereocenters. The van der Waals surface area contributed by atoms with Crippen LogP contribution in [0.2, 0.25) is 0 Å². The summed E-state index contributed by atoms with van der Waals surface area (Å²) in [6.45, 7) is 0. The van der Waals surface area contributed by atoms with E-state index in [2.05, 4.69) is 15.5 Å². The van der Waals surface area contributed by atoms with E-state index in [-0.39, 0.29) is 5.69 Å². The van der Waals surface area contributed by atoms with Gasteiger partial charge in [-0.3, -0.25) is 9.59 Å². The number of aromatic amines is 1. The molecule has 0 aliphatic rings. The second-order valence-electron chi connectivity index (χ2n) is 3.66. The largest absolute Gasteiger partial charge is 0.321 e. The van der Waals surface area contributed by atoms with Crippen LogP contribution in [-0.4, -0.2) is 21.9 Å². The predicted octanol–water partition coefficient (Wildman–Crippen LogP) is 2.34. The van der Waals surface area contributed by atoms with E-state index in [4.69, 9.17) is 0 Å². The Morgan fingerprint density at radius 3 is 2.45 bits per heavy atom. The number of amides is 1. The minimum Gasteiger partial charge on any atom is -0.321 e. The highest BCUT2D eigenvalue weighted by Crippen LogP contribution is 2.26. The average molecular weight is 297 g/mol. The summed E-state index contributed by atoms with van der Waals surface area (Å²) < 4.78 is 24.3. The molecule has 0 bridgehead atoms. The maximum Gasteiger partial charge on any atom is 0.288 e. The Kier molecular flexibility index (Phi) is 4.46. The standard InChI is InChI=1S/C12H9F2N3O2S/c13-12(14)20-8-3-1-7(2-4-8)15-11(19)9-5-6-10(18)17-16-9/h1-6,12H,(H,15,19)(H,17,18). The van der Waals surface area contributed by atoms with E-state index in [9.17, 15) is 18.4 Å². The summed E-state index contributed by atoms with van der Waals surface area (Å²) in [5.74, 6) is -2.99. The van der Waals surface area contributed by atoms with E-state index in [1.807, 2.05) is 0 Å². The van der Waals surface area contributed by atoms with E-state index < -0.39 is 17.2 Å². The van der Waals surface area contributed by atoms with Gasteiger partial charge in [0.2, 0.25) is 0 Å². The molecule has 1 aromatic heterocycles. The van der Waals surface area contributed by atoms with E-state index in [1.54, 1.807) is 0 Å². The number of carbonyl (C=O) groups excluding carboxylic acids is 1. The van der Waals surface area contributed by atoms with Crippen LogP contribution in [0.25, 0.3) is 0 Å². The van der Waals surface area contributed by atoms with E-state index >= 15 is 0 Å². The highest BCUT2D eigenvalue weighted by molar-refractivity contribution is 7.99. The van der Waals surface area contributed by atoms with Crippen molar-refractivity contribution in [3.63, 3.8) is 0 Å². The predicted molar refractivity (Wildman–Crippen MR) is 71.1 cm³/mol. The summed E-state index contributed by atoms with van der Waals surface area (Å²) in [6, 6.07) is 8.45. The molecule has 104 valence electrons. The van der Waals surface area contributed by atoms with Crippen LogP contribution in [-0.2, 0) is 0 Å². The molecule has 8 heteroatoms. The molecule has 0 aliphatic carbocycles. The first-order valence-corrected chi connectivity index (χ1v) is 6.34. The number of hydrogen-bond donors (Lipinski definition) is 2. The zero-order valence-corrected chi connectivity index (χ0v) is 10.8. The third kappa shape index (κ3) is 3.89. The van der Waals surface area contributed by atoms with Gasteiger partial charge in [-0.2, -0.15) is 13.9 Å². The molecule has 0 radical (unpaired) electrons. The van der Waals surface area contributed by atoms with Crippen molar-refractivity contribution in [2.45, 2.75) is 10.7 Å². The second kappa shape index (κ2) is 6.29. The average Bonchev–Trinajstić information content (AvgIpc) is 2.41. The lowest BCUT2D eigenvalue weighted by atomic mass is 10.3. The number of anilines is 1. The first-order valence-electron chi connectivity index (χ1n) is 5.46. The summed E-state index contributed by atoms with van der Waals surface area (Å²) in [6.07, 6.45) is 0. The molecular weight excluding hydrogens is 288 g/mol. The lowest BCUT2D eigenvalue weighted by Gasteiger charge is -2.05. The molecule has 1 aromatic carbocycles. The molecule has 1 heterocycles. The van der Waals surface area contributed by atoms with E-state index in [0.717, 1.165) is 0 Å². The smallest absolute Gasteiger partial charge is 0.288 e. The van der Waals surface area contributed by atoms with Crippen molar-refractivity contribution < 1.29 is 13.6 Å². The van der Waals surface area contributed by atoms with Crippen LogP contribution in [0.1, 0.15) is 10.5 Å². The lowest BCUT2D eigenvalue weighted by Crippen LogP contribution is -2.17. The van der Waals surface area contributed by atoms with Crippen molar-refractivity contribution in [2.24, 2.45) is 0 Å². The SMILES string of the molecule is O=C(Nc1ccc(SC(F)F)cc1)c1ccc(=O)[nH]n1. The van der Waals surface area contributed by atoms with Gasteiger partial charge in [0.05, 0.1) is 0 Å². The number of rotatable bonds is 4. The third-order valence-corrected chi connectivity index (χ3v) is 2.97. The number of aromatic nitrogens is 2. The number of alkyl halides is 2. The first kappa shape index (κ1) is 14.2. The van der Waals surface area contributed by atoms with Gasteiger partial charge < -0.3 is 5.32 Å². The maximum atomic E-state index is 12.1. The Labute approximate surface area is 116 Å². The molecule has 2 rings (SSSR count). The van der Waals surface area contributed by atoms with E-state index in [1.165, 1.54) is 36.4 Å². The Balaban J connectivity index is 2.04. The molecule has 2 N–H and O–H groups in total. The van der Waals surface area contributed by atoms with Crippen molar-refractivity contribution in [1.82, 2.24) is 10.2 Å². The number of hydrogen-bond acceptors (Lipinski definition) is 4. The van der Waals surface area contributed by atoms with Crippen LogP contribution < -0.4 is 10.9 Å². The molecule has 0 spiro atoms. The molecule has 0 atom stereocenters. The van der Waals surface area contributed by atoms with Gasteiger partial charge in [0.1, 0.15) is 5.69 Å². The quantitative estimate of drug-likeness (QED) is 0.849. The fourth-order valence-corrected chi connectivity index (χ4v) is 1.88. The van der Waals surface area contributed by atoms with Gasteiger partial charge in [-0.25, -0.2) is 5.10 Å². The highest BCUT2D eigenvalue weighted by Gasteiger charge is 2.09. The van der Waals surface area contributed by atoms with Gasteiger partial charge in [-0.05, 0) is 30.3 Å². The Morgan fingerprint density at radius 2 is 1.90 bits per heavy atom. The normalized spacial score (nSPS) is 10.6. The number of halogens is 2. The topological polar surface area (TPSA) is 74.8 Å². The van der Waals surface area contributed by atoms with Crippen molar-refractivity contribution in [1.29, 1.82) is 0 Å².